The van der Waals surface area contributed by atoms with E-state index in [1.807, 2.05) is 6.07 Å². The van der Waals surface area contributed by atoms with E-state index < -0.39 is 0 Å². The second-order valence-corrected chi connectivity index (χ2v) is 4.15. The standard InChI is InChI=1S/C12H15Cl2NO3/c1-17-9-4-3-8(11(14)12(9)18-2)5-6-15-10(16)7-13/h3-4H,5-7H2,1-2H3,(H,15,16). The van der Waals surface area contributed by atoms with E-state index in [9.17, 15) is 4.79 Å². The van der Waals surface area contributed by atoms with Crippen LogP contribution < -0.4 is 14.8 Å². The third kappa shape index (κ3) is 3.68. The third-order valence-corrected chi connectivity index (χ3v) is 3.06. The van der Waals surface area contributed by atoms with Crippen molar-refractivity contribution in [3.8, 4) is 11.5 Å². The molecule has 0 radical (unpaired) electrons. The van der Waals surface area contributed by atoms with E-state index in [0.717, 1.165) is 5.56 Å². The Morgan fingerprint density at radius 2 is 2.06 bits per heavy atom. The Balaban J connectivity index is 2.75. The van der Waals surface area contributed by atoms with Crippen molar-refractivity contribution in [1.29, 1.82) is 0 Å². The minimum Gasteiger partial charge on any atom is -0.493 e. The van der Waals surface area contributed by atoms with E-state index in [1.165, 1.54) is 7.11 Å². The van der Waals surface area contributed by atoms with Gasteiger partial charge in [0.1, 0.15) is 5.88 Å². The summed E-state index contributed by atoms with van der Waals surface area (Å²) < 4.78 is 10.3. The SMILES string of the molecule is COc1ccc(CCNC(=O)CCl)c(Cl)c1OC. The van der Waals surface area contributed by atoms with Gasteiger partial charge in [-0.15, -0.1) is 11.6 Å². The average molecular weight is 292 g/mol. The van der Waals surface area contributed by atoms with Crippen LogP contribution in [0.15, 0.2) is 12.1 Å². The summed E-state index contributed by atoms with van der Waals surface area (Å²) in [5.74, 6) is 0.837. The van der Waals surface area contributed by atoms with Crippen molar-refractivity contribution in [2.75, 3.05) is 26.6 Å². The van der Waals surface area contributed by atoms with Gasteiger partial charge in [-0.1, -0.05) is 17.7 Å². The van der Waals surface area contributed by atoms with Gasteiger partial charge in [-0.05, 0) is 18.1 Å². The number of nitrogens with one attached hydrogen (secondary N) is 1. The zero-order chi connectivity index (χ0) is 13.5. The first-order valence-corrected chi connectivity index (χ1v) is 6.27. The van der Waals surface area contributed by atoms with E-state index in [-0.39, 0.29) is 11.8 Å². The number of alkyl halides is 1. The zero-order valence-electron chi connectivity index (χ0n) is 10.3. The largest absolute Gasteiger partial charge is 0.493 e. The zero-order valence-corrected chi connectivity index (χ0v) is 11.8. The second kappa shape index (κ2) is 7.34. The summed E-state index contributed by atoms with van der Waals surface area (Å²) in [6, 6.07) is 3.62. The molecule has 0 spiro atoms. The fourth-order valence-corrected chi connectivity index (χ4v) is 1.93. The molecular formula is C12H15Cl2NO3. The maximum absolute atomic E-state index is 11.0. The fourth-order valence-electron chi connectivity index (χ4n) is 1.51. The Morgan fingerprint density at radius 3 is 2.61 bits per heavy atom. The van der Waals surface area contributed by atoms with Crippen LogP contribution in [0.2, 0.25) is 5.02 Å². The molecule has 0 aliphatic heterocycles. The molecule has 4 nitrogen and oxygen atoms in total. The highest BCUT2D eigenvalue weighted by atomic mass is 35.5. The highest BCUT2D eigenvalue weighted by Crippen LogP contribution is 2.37. The molecule has 18 heavy (non-hydrogen) atoms. The van der Waals surface area contributed by atoms with Crippen LogP contribution in [0.1, 0.15) is 5.56 Å². The molecule has 1 aromatic rings. The molecule has 0 heterocycles. The van der Waals surface area contributed by atoms with Gasteiger partial charge in [-0.3, -0.25) is 4.79 Å². The van der Waals surface area contributed by atoms with Crippen LogP contribution >= 0.6 is 23.2 Å². The first kappa shape index (κ1) is 14.9. The van der Waals surface area contributed by atoms with Gasteiger partial charge in [0.25, 0.3) is 0 Å². The highest BCUT2D eigenvalue weighted by molar-refractivity contribution is 6.33. The number of rotatable bonds is 6. The number of hydrogen-bond acceptors (Lipinski definition) is 3. The molecule has 0 aromatic heterocycles. The number of benzene rings is 1. The maximum atomic E-state index is 11.0. The van der Waals surface area contributed by atoms with Crippen LogP contribution in [-0.2, 0) is 11.2 Å². The molecule has 0 bridgehead atoms. The lowest BCUT2D eigenvalue weighted by Gasteiger charge is -2.12. The lowest BCUT2D eigenvalue weighted by atomic mass is 10.1. The van der Waals surface area contributed by atoms with Crippen LogP contribution in [0.3, 0.4) is 0 Å². The van der Waals surface area contributed by atoms with Gasteiger partial charge in [-0.2, -0.15) is 0 Å². The van der Waals surface area contributed by atoms with E-state index in [2.05, 4.69) is 5.32 Å². The minimum absolute atomic E-state index is 0.0420. The van der Waals surface area contributed by atoms with Crippen molar-refractivity contribution >= 4 is 29.1 Å². The summed E-state index contributed by atoms with van der Waals surface area (Å²) in [7, 11) is 3.08. The van der Waals surface area contributed by atoms with Gasteiger partial charge in [0, 0.05) is 6.54 Å². The highest BCUT2D eigenvalue weighted by Gasteiger charge is 2.12. The van der Waals surface area contributed by atoms with Crippen molar-refractivity contribution in [3.05, 3.63) is 22.7 Å². The predicted molar refractivity (Wildman–Crippen MR) is 72.0 cm³/mol. The van der Waals surface area contributed by atoms with Gasteiger partial charge >= 0.3 is 0 Å². The average Bonchev–Trinajstić information content (AvgIpc) is 2.39. The van der Waals surface area contributed by atoms with Gasteiger partial charge in [0.15, 0.2) is 11.5 Å². The molecule has 0 saturated carbocycles. The number of hydrogen-bond donors (Lipinski definition) is 1. The Bertz CT molecular complexity index is 424. The Labute approximate surface area is 116 Å². The molecule has 0 atom stereocenters. The number of methoxy groups -OCH3 is 2. The van der Waals surface area contributed by atoms with Crippen molar-refractivity contribution in [3.63, 3.8) is 0 Å². The maximum Gasteiger partial charge on any atom is 0.234 e. The van der Waals surface area contributed by atoms with Crippen molar-refractivity contribution in [2.45, 2.75) is 6.42 Å². The first-order chi connectivity index (χ1) is 8.63. The summed E-state index contributed by atoms with van der Waals surface area (Å²) in [5.41, 5.74) is 0.879. The first-order valence-electron chi connectivity index (χ1n) is 5.36. The van der Waals surface area contributed by atoms with Crippen LogP contribution in [0.5, 0.6) is 11.5 Å². The van der Waals surface area contributed by atoms with E-state index in [1.54, 1.807) is 13.2 Å². The van der Waals surface area contributed by atoms with Gasteiger partial charge in [-0.25, -0.2) is 0 Å². The molecule has 1 aromatic carbocycles. The molecule has 1 rings (SSSR count). The Kier molecular flexibility index (Phi) is 6.09. The summed E-state index contributed by atoms with van der Waals surface area (Å²) in [4.78, 5) is 11.0. The van der Waals surface area contributed by atoms with Crippen LogP contribution in [0.4, 0.5) is 0 Å². The number of carbonyl (C=O) groups is 1. The molecule has 6 heteroatoms. The molecular weight excluding hydrogens is 277 g/mol. The van der Waals surface area contributed by atoms with Gasteiger partial charge in [0.2, 0.25) is 5.91 Å². The number of amides is 1. The lowest BCUT2D eigenvalue weighted by Crippen LogP contribution is -2.26. The van der Waals surface area contributed by atoms with E-state index in [4.69, 9.17) is 32.7 Å². The number of halogens is 2. The predicted octanol–water partition coefficient (Wildman–Crippen LogP) is 2.25. The molecule has 100 valence electrons. The molecule has 0 aliphatic carbocycles. The molecule has 0 unspecified atom stereocenters. The van der Waals surface area contributed by atoms with E-state index in [0.29, 0.717) is 29.5 Å². The van der Waals surface area contributed by atoms with Crippen LogP contribution in [0.25, 0.3) is 0 Å². The lowest BCUT2D eigenvalue weighted by molar-refractivity contribution is -0.118. The second-order valence-electron chi connectivity index (χ2n) is 3.51. The smallest absolute Gasteiger partial charge is 0.234 e. The summed E-state index contributed by atoms with van der Waals surface area (Å²) in [6.45, 7) is 0.473. The molecule has 0 saturated heterocycles. The van der Waals surface area contributed by atoms with Gasteiger partial charge in [0.05, 0.1) is 19.2 Å². The van der Waals surface area contributed by atoms with Crippen molar-refractivity contribution < 1.29 is 14.3 Å². The summed E-state index contributed by atoms with van der Waals surface area (Å²) in [5, 5.41) is 3.17. The summed E-state index contributed by atoms with van der Waals surface area (Å²) >= 11 is 11.6. The Hall–Kier alpha value is -1.13. The molecule has 0 aliphatic rings. The fraction of sp³-hybridized carbons (Fsp3) is 0.417. The van der Waals surface area contributed by atoms with Crippen molar-refractivity contribution in [2.24, 2.45) is 0 Å². The monoisotopic (exact) mass is 291 g/mol. The van der Waals surface area contributed by atoms with E-state index >= 15 is 0 Å². The van der Waals surface area contributed by atoms with Gasteiger partial charge < -0.3 is 14.8 Å². The van der Waals surface area contributed by atoms with Crippen LogP contribution in [-0.4, -0.2) is 32.6 Å². The topological polar surface area (TPSA) is 47.6 Å². The third-order valence-electron chi connectivity index (χ3n) is 2.40. The Morgan fingerprint density at radius 1 is 1.33 bits per heavy atom. The van der Waals surface area contributed by atoms with Crippen LogP contribution in [0, 0.1) is 0 Å². The van der Waals surface area contributed by atoms with Crippen molar-refractivity contribution in [1.82, 2.24) is 5.32 Å². The molecule has 1 N–H and O–H groups in total. The summed E-state index contributed by atoms with van der Waals surface area (Å²) in [6.07, 6.45) is 0.599. The minimum atomic E-state index is -0.201. The number of ether oxygens (including phenoxy) is 2. The number of carbonyl (C=O) groups excluding carboxylic acids is 1. The quantitative estimate of drug-likeness (QED) is 0.818. The molecule has 1 amide bonds. The normalized spacial score (nSPS) is 10.0. The molecule has 0 fully saturated rings.